The number of aromatic amines is 1. The molecule has 0 aliphatic rings. The number of hydrogen-bond donors (Lipinski definition) is 3. The van der Waals surface area contributed by atoms with Crippen molar-refractivity contribution in [1.29, 1.82) is 0 Å². The lowest BCUT2D eigenvalue weighted by molar-refractivity contribution is 0.0937. The van der Waals surface area contributed by atoms with Crippen LogP contribution < -0.4 is 14.9 Å². The van der Waals surface area contributed by atoms with Crippen LogP contribution in [0.5, 0.6) is 0 Å². The molecule has 0 radical (unpaired) electrons. The highest BCUT2D eigenvalue weighted by Gasteiger charge is 2.19. The molecule has 38 heavy (non-hydrogen) atoms. The lowest BCUT2D eigenvalue weighted by Crippen LogP contribution is -2.30. The molecule has 1 amide bonds. The van der Waals surface area contributed by atoms with E-state index in [1.54, 1.807) is 75.0 Å². The van der Waals surface area contributed by atoms with Crippen LogP contribution in [0.25, 0.3) is 23.2 Å². The Morgan fingerprint density at radius 2 is 1.92 bits per heavy atom. The number of sulfonamides is 1. The number of H-pyrrole nitrogens is 1. The van der Waals surface area contributed by atoms with Crippen molar-refractivity contribution >= 4 is 56.6 Å². The van der Waals surface area contributed by atoms with Crippen LogP contribution in [0.15, 0.2) is 54.9 Å². The van der Waals surface area contributed by atoms with Crippen molar-refractivity contribution in [2.45, 2.75) is 6.92 Å². The van der Waals surface area contributed by atoms with Crippen molar-refractivity contribution < 1.29 is 17.9 Å². The van der Waals surface area contributed by atoms with Gasteiger partial charge in [0.25, 0.3) is 5.91 Å². The van der Waals surface area contributed by atoms with E-state index in [2.05, 4.69) is 30.6 Å². The number of pyridine rings is 1. The molecule has 3 aromatic heterocycles. The number of hydrogen-bond acceptors (Lipinski definition) is 8. The van der Waals surface area contributed by atoms with E-state index in [1.807, 2.05) is 6.07 Å². The highest BCUT2D eigenvalue weighted by Crippen LogP contribution is 2.25. The zero-order valence-corrected chi connectivity index (χ0v) is 22.1. The number of nitrogens with zero attached hydrogens (tertiary/aromatic N) is 4. The summed E-state index contributed by atoms with van der Waals surface area (Å²) in [5.74, 6) is 0.518. The summed E-state index contributed by atoms with van der Waals surface area (Å²) in [6.45, 7) is 2.89. The van der Waals surface area contributed by atoms with E-state index in [1.165, 1.54) is 4.31 Å². The largest absolute Gasteiger partial charge is 0.383 e. The molecule has 1 aromatic carbocycles. The summed E-state index contributed by atoms with van der Waals surface area (Å²) >= 11 is 0. The van der Waals surface area contributed by atoms with Crippen LogP contribution in [0.2, 0.25) is 0 Å². The molecule has 198 valence electrons. The minimum Gasteiger partial charge on any atom is -0.383 e. The first kappa shape index (κ1) is 26.8. The van der Waals surface area contributed by atoms with E-state index in [9.17, 15) is 13.2 Å². The van der Waals surface area contributed by atoms with Crippen molar-refractivity contribution in [1.82, 2.24) is 25.3 Å². The third kappa shape index (κ3) is 6.33. The van der Waals surface area contributed by atoms with Gasteiger partial charge in [0.2, 0.25) is 16.0 Å². The first-order chi connectivity index (χ1) is 18.3. The van der Waals surface area contributed by atoms with Gasteiger partial charge in [-0.1, -0.05) is 0 Å². The Balaban J connectivity index is 1.59. The molecule has 4 aromatic rings. The average Bonchev–Trinajstić information content (AvgIpc) is 3.37. The van der Waals surface area contributed by atoms with Gasteiger partial charge in [0.1, 0.15) is 11.5 Å². The van der Waals surface area contributed by atoms with Crippen molar-refractivity contribution in [2.75, 3.05) is 42.7 Å². The van der Waals surface area contributed by atoms with E-state index in [4.69, 9.17) is 4.74 Å². The van der Waals surface area contributed by atoms with E-state index in [0.717, 1.165) is 11.6 Å². The van der Waals surface area contributed by atoms with Crippen molar-refractivity contribution in [3.8, 4) is 0 Å². The van der Waals surface area contributed by atoms with Crippen LogP contribution in [0.4, 0.5) is 17.5 Å². The maximum Gasteiger partial charge on any atom is 0.251 e. The standard InChI is InChI=1S/C26H29N7O4S/c1-4-33(38(3,35)36)24-18(6-5-14-28-24)9-12-22-21-13-15-27-23(21)32-26(31-22)30-20-10-7-19(8-11-20)25(34)29-16-17-37-2/h5-15H,4,16-17H2,1-3H3,(H,29,34)(H2,27,30,31,32). The Morgan fingerprint density at radius 3 is 2.63 bits per heavy atom. The fourth-order valence-corrected chi connectivity index (χ4v) is 4.74. The first-order valence-electron chi connectivity index (χ1n) is 11.9. The Labute approximate surface area is 221 Å². The third-order valence-electron chi connectivity index (χ3n) is 5.60. The Kier molecular flexibility index (Phi) is 8.34. The SMILES string of the molecule is CCN(c1ncccc1C=Cc1nc(Nc2ccc(C(=O)NCCOC)cc2)nc2[nH]ccc12)S(C)(=O)=O. The third-order valence-corrected chi connectivity index (χ3v) is 6.83. The van der Waals surface area contributed by atoms with Crippen LogP contribution in [0, 0.1) is 0 Å². The predicted molar refractivity (Wildman–Crippen MR) is 149 cm³/mol. The normalized spacial score (nSPS) is 11.7. The molecule has 4 rings (SSSR count). The van der Waals surface area contributed by atoms with E-state index < -0.39 is 10.0 Å². The van der Waals surface area contributed by atoms with E-state index in [-0.39, 0.29) is 12.5 Å². The quantitative estimate of drug-likeness (QED) is 0.248. The summed E-state index contributed by atoms with van der Waals surface area (Å²) in [5, 5.41) is 6.76. The van der Waals surface area contributed by atoms with Gasteiger partial charge >= 0.3 is 0 Å². The van der Waals surface area contributed by atoms with Crippen molar-refractivity contribution in [3.63, 3.8) is 0 Å². The summed E-state index contributed by atoms with van der Waals surface area (Å²) in [4.78, 5) is 28.8. The number of fused-ring (bicyclic) bond motifs is 1. The maximum absolute atomic E-state index is 12.3. The predicted octanol–water partition coefficient (Wildman–Crippen LogP) is 3.43. The summed E-state index contributed by atoms with van der Waals surface area (Å²) in [6.07, 6.45) is 8.07. The molecule has 11 nitrogen and oxygen atoms in total. The zero-order valence-electron chi connectivity index (χ0n) is 21.3. The number of carbonyl (C=O) groups is 1. The fourth-order valence-electron chi connectivity index (χ4n) is 3.81. The highest BCUT2D eigenvalue weighted by atomic mass is 32.2. The molecule has 0 unspecified atom stereocenters. The molecule has 3 N–H and O–H groups in total. The summed E-state index contributed by atoms with van der Waals surface area (Å²) < 4.78 is 30.7. The monoisotopic (exact) mass is 535 g/mol. The number of methoxy groups -OCH3 is 1. The smallest absolute Gasteiger partial charge is 0.251 e. The van der Waals surface area contributed by atoms with E-state index >= 15 is 0 Å². The minimum atomic E-state index is -3.49. The average molecular weight is 536 g/mol. The number of amides is 1. The second-order valence-electron chi connectivity index (χ2n) is 8.30. The van der Waals surface area contributed by atoms with Crippen LogP contribution in [0.1, 0.15) is 28.5 Å². The van der Waals surface area contributed by atoms with Gasteiger partial charge < -0.3 is 20.4 Å². The maximum atomic E-state index is 12.3. The molecule has 0 spiro atoms. The summed E-state index contributed by atoms with van der Waals surface area (Å²) in [7, 11) is -1.91. The highest BCUT2D eigenvalue weighted by molar-refractivity contribution is 7.92. The number of benzene rings is 1. The van der Waals surface area contributed by atoms with Gasteiger partial charge in [-0.2, -0.15) is 4.98 Å². The molecular weight excluding hydrogens is 506 g/mol. The van der Waals surface area contributed by atoms with Gasteiger partial charge in [0, 0.05) is 54.8 Å². The number of ether oxygens (including phenoxy) is 1. The minimum absolute atomic E-state index is 0.183. The number of nitrogens with one attached hydrogen (secondary N) is 3. The first-order valence-corrected chi connectivity index (χ1v) is 13.7. The molecule has 0 atom stereocenters. The number of carbonyl (C=O) groups excluding carboxylic acids is 1. The number of aromatic nitrogens is 4. The molecule has 3 heterocycles. The van der Waals surface area contributed by atoms with Gasteiger partial charge in [0.15, 0.2) is 0 Å². The lowest BCUT2D eigenvalue weighted by atomic mass is 10.2. The van der Waals surface area contributed by atoms with Gasteiger partial charge in [-0.25, -0.2) is 18.4 Å². The van der Waals surface area contributed by atoms with Gasteiger partial charge in [-0.05, 0) is 61.5 Å². The lowest BCUT2D eigenvalue weighted by Gasteiger charge is -2.20. The molecule has 0 aliphatic carbocycles. The summed E-state index contributed by atoms with van der Waals surface area (Å²) in [6, 6.07) is 12.4. The second kappa shape index (κ2) is 11.8. The Hall–Kier alpha value is -4.29. The molecular formula is C26H29N7O4S. The Morgan fingerprint density at radius 1 is 1.13 bits per heavy atom. The van der Waals surface area contributed by atoms with Crippen molar-refractivity contribution in [3.05, 3.63) is 71.7 Å². The van der Waals surface area contributed by atoms with Crippen LogP contribution in [0.3, 0.4) is 0 Å². The molecule has 0 saturated carbocycles. The fraction of sp³-hybridized carbons (Fsp3) is 0.231. The number of anilines is 3. The molecule has 0 aliphatic heterocycles. The van der Waals surface area contributed by atoms with Crippen molar-refractivity contribution in [2.24, 2.45) is 0 Å². The van der Waals surface area contributed by atoms with Gasteiger partial charge in [-0.3, -0.25) is 9.10 Å². The molecule has 0 bridgehead atoms. The zero-order chi connectivity index (χ0) is 27.1. The van der Waals surface area contributed by atoms with Crippen LogP contribution in [-0.4, -0.2) is 67.3 Å². The molecule has 0 saturated heterocycles. The van der Waals surface area contributed by atoms with Crippen LogP contribution in [-0.2, 0) is 14.8 Å². The summed E-state index contributed by atoms with van der Waals surface area (Å²) in [5.41, 5.74) is 3.13. The number of rotatable bonds is 11. The molecule has 12 heteroatoms. The Bertz CT molecular complexity index is 1550. The molecule has 0 fully saturated rings. The van der Waals surface area contributed by atoms with Gasteiger partial charge in [-0.15, -0.1) is 0 Å². The second-order valence-corrected chi connectivity index (χ2v) is 10.2. The van der Waals surface area contributed by atoms with Gasteiger partial charge in [0.05, 0.1) is 18.6 Å². The van der Waals surface area contributed by atoms with Crippen LogP contribution >= 0.6 is 0 Å². The van der Waals surface area contributed by atoms with E-state index in [0.29, 0.717) is 53.1 Å². The topological polar surface area (TPSA) is 142 Å².